The predicted octanol–water partition coefficient (Wildman–Crippen LogP) is 5.52. The molecule has 35 heavy (non-hydrogen) atoms. The highest BCUT2D eigenvalue weighted by Gasteiger charge is 2.21. The molecule has 9 heteroatoms. The number of hydrogen-bond donors (Lipinski definition) is 2. The Hall–Kier alpha value is -4.27. The van der Waals surface area contributed by atoms with Crippen LogP contribution in [0.5, 0.6) is 5.75 Å². The number of nitrogens with zero attached hydrogens (tertiary/aromatic N) is 3. The first kappa shape index (κ1) is 23.9. The minimum Gasteiger partial charge on any atom is -0.494 e. The molecule has 9 nitrogen and oxygen atoms in total. The van der Waals surface area contributed by atoms with Crippen LogP contribution < -0.4 is 10.1 Å². The molecular formula is C26H27N5O4. The van der Waals surface area contributed by atoms with Crippen LogP contribution in [0.15, 0.2) is 54.6 Å². The lowest BCUT2D eigenvalue weighted by Gasteiger charge is -2.10. The standard InChI is InChI=1S/C26H27N5O4/c1-3-5-6-14-27-26(32)21-16-22(17-10-12-20(13-11-17)35-4-2)28-25-23(21)24(29-30-25)18-8-7-9-19(15-18)31(33)34/h7-13,15-16H,3-6,14H2,1-2H3,(H,27,32)(H,28,29,30). The lowest BCUT2D eigenvalue weighted by molar-refractivity contribution is -0.384. The molecule has 0 aliphatic carbocycles. The molecule has 0 unspecified atom stereocenters. The van der Waals surface area contributed by atoms with Crippen LogP contribution in [0.4, 0.5) is 5.69 Å². The zero-order valence-electron chi connectivity index (χ0n) is 19.7. The second kappa shape index (κ2) is 10.8. The van der Waals surface area contributed by atoms with E-state index in [1.54, 1.807) is 18.2 Å². The number of carbonyl (C=O) groups is 1. The molecule has 4 aromatic rings. The first-order valence-electron chi connectivity index (χ1n) is 11.7. The van der Waals surface area contributed by atoms with Crippen molar-refractivity contribution in [1.29, 1.82) is 0 Å². The Labute approximate surface area is 202 Å². The molecule has 0 aliphatic rings. The van der Waals surface area contributed by atoms with E-state index in [0.29, 0.717) is 46.7 Å². The number of ether oxygens (including phenoxy) is 1. The van der Waals surface area contributed by atoms with Crippen LogP contribution in [0.1, 0.15) is 43.5 Å². The van der Waals surface area contributed by atoms with E-state index in [2.05, 4.69) is 27.4 Å². The minimum absolute atomic E-state index is 0.0465. The molecule has 0 aliphatic heterocycles. The van der Waals surface area contributed by atoms with Crippen molar-refractivity contribution in [3.05, 3.63) is 70.3 Å². The summed E-state index contributed by atoms with van der Waals surface area (Å²) in [4.78, 5) is 28.8. The molecule has 180 valence electrons. The third kappa shape index (κ3) is 5.29. The van der Waals surface area contributed by atoms with Crippen molar-refractivity contribution in [2.24, 2.45) is 0 Å². The Bertz CT molecular complexity index is 1350. The third-order valence-electron chi connectivity index (χ3n) is 5.64. The van der Waals surface area contributed by atoms with Gasteiger partial charge in [-0.15, -0.1) is 0 Å². The van der Waals surface area contributed by atoms with Crippen molar-refractivity contribution in [2.75, 3.05) is 13.2 Å². The van der Waals surface area contributed by atoms with Crippen molar-refractivity contribution in [2.45, 2.75) is 33.1 Å². The number of nitro groups is 1. The maximum atomic E-state index is 13.3. The smallest absolute Gasteiger partial charge is 0.270 e. The summed E-state index contributed by atoms with van der Waals surface area (Å²) in [5, 5.41) is 22.1. The summed E-state index contributed by atoms with van der Waals surface area (Å²) < 4.78 is 5.52. The number of nitro benzene ring substituents is 1. The Morgan fingerprint density at radius 1 is 1.09 bits per heavy atom. The van der Waals surface area contributed by atoms with Crippen molar-refractivity contribution < 1.29 is 14.5 Å². The summed E-state index contributed by atoms with van der Waals surface area (Å²) in [7, 11) is 0. The van der Waals surface area contributed by atoms with Gasteiger partial charge in [0.05, 0.1) is 33.9 Å². The number of carbonyl (C=O) groups excluding carboxylic acids is 1. The molecular weight excluding hydrogens is 446 g/mol. The molecule has 2 aromatic carbocycles. The number of H-pyrrole nitrogens is 1. The van der Waals surface area contributed by atoms with Crippen LogP contribution in [-0.4, -0.2) is 39.2 Å². The van der Waals surface area contributed by atoms with Gasteiger partial charge >= 0.3 is 0 Å². The number of hydrogen-bond acceptors (Lipinski definition) is 6. The first-order valence-corrected chi connectivity index (χ1v) is 11.7. The largest absolute Gasteiger partial charge is 0.494 e. The molecule has 0 atom stereocenters. The number of unbranched alkanes of at least 4 members (excludes halogenated alkanes) is 2. The fourth-order valence-electron chi connectivity index (χ4n) is 3.90. The molecule has 4 rings (SSSR count). The number of nitrogens with one attached hydrogen (secondary N) is 2. The fourth-order valence-corrected chi connectivity index (χ4v) is 3.90. The SMILES string of the molecule is CCCCCNC(=O)c1cc(-c2ccc(OCC)cc2)nc2n[nH]c(-c3cccc([N+](=O)[O-])c3)c12. The molecule has 0 saturated heterocycles. The monoisotopic (exact) mass is 473 g/mol. The van der Waals surface area contributed by atoms with Crippen molar-refractivity contribution in [3.8, 4) is 28.3 Å². The van der Waals surface area contributed by atoms with E-state index in [-0.39, 0.29) is 11.6 Å². The van der Waals surface area contributed by atoms with E-state index in [9.17, 15) is 14.9 Å². The van der Waals surface area contributed by atoms with Gasteiger partial charge in [0.1, 0.15) is 5.75 Å². The maximum absolute atomic E-state index is 13.3. The first-order chi connectivity index (χ1) is 17.0. The van der Waals surface area contributed by atoms with Gasteiger partial charge in [-0.05, 0) is 43.7 Å². The maximum Gasteiger partial charge on any atom is 0.270 e. The van der Waals surface area contributed by atoms with Gasteiger partial charge in [-0.25, -0.2) is 4.98 Å². The van der Waals surface area contributed by atoms with E-state index < -0.39 is 4.92 Å². The van der Waals surface area contributed by atoms with Gasteiger partial charge < -0.3 is 10.1 Å². The Balaban J connectivity index is 1.81. The average Bonchev–Trinajstić information content (AvgIpc) is 3.31. The average molecular weight is 474 g/mol. The van der Waals surface area contributed by atoms with E-state index in [4.69, 9.17) is 4.74 Å². The number of rotatable bonds is 10. The summed E-state index contributed by atoms with van der Waals surface area (Å²) in [6.07, 6.45) is 2.95. The van der Waals surface area contributed by atoms with E-state index in [0.717, 1.165) is 30.6 Å². The molecule has 0 radical (unpaired) electrons. The van der Waals surface area contributed by atoms with Gasteiger partial charge in [-0.3, -0.25) is 20.0 Å². The Morgan fingerprint density at radius 3 is 2.60 bits per heavy atom. The Kier molecular flexibility index (Phi) is 7.35. The highest BCUT2D eigenvalue weighted by atomic mass is 16.6. The van der Waals surface area contributed by atoms with Crippen LogP contribution in [0.25, 0.3) is 33.5 Å². The van der Waals surface area contributed by atoms with Crippen LogP contribution in [0.2, 0.25) is 0 Å². The predicted molar refractivity (Wildman–Crippen MR) is 134 cm³/mol. The number of amides is 1. The van der Waals surface area contributed by atoms with Gasteiger partial charge in [-0.2, -0.15) is 5.10 Å². The van der Waals surface area contributed by atoms with E-state index in [1.807, 2.05) is 31.2 Å². The summed E-state index contributed by atoms with van der Waals surface area (Å²) in [6.45, 7) is 5.15. The number of benzene rings is 2. The van der Waals surface area contributed by atoms with Crippen molar-refractivity contribution >= 4 is 22.6 Å². The van der Waals surface area contributed by atoms with Crippen molar-refractivity contribution in [1.82, 2.24) is 20.5 Å². The minimum atomic E-state index is -0.453. The normalized spacial score (nSPS) is 10.9. The molecule has 0 fully saturated rings. The topological polar surface area (TPSA) is 123 Å². The molecule has 0 saturated carbocycles. The van der Waals surface area contributed by atoms with Crippen molar-refractivity contribution in [3.63, 3.8) is 0 Å². The van der Waals surface area contributed by atoms with E-state index in [1.165, 1.54) is 12.1 Å². The lowest BCUT2D eigenvalue weighted by atomic mass is 10.0. The molecule has 2 aromatic heterocycles. The summed E-state index contributed by atoms with van der Waals surface area (Å²) in [5.41, 5.74) is 3.19. The van der Waals surface area contributed by atoms with Crippen LogP contribution >= 0.6 is 0 Å². The molecule has 2 N–H and O–H groups in total. The quantitative estimate of drug-likeness (QED) is 0.178. The van der Waals surface area contributed by atoms with Crippen LogP contribution in [-0.2, 0) is 0 Å². The molecule has 2 heterocycles. The molecule has 0 bridgehead atoms. The number of non-ortho nitro benzene ring substituents is 1. The lowest BCUT2D eigenvalue weighted by Crippen LogP contribution is -2.24. The zero-order valence-corrected chi connectivity index (χ0v) is 19.7. The highest BCUT2D eigenvalue weighted by Crippen LogP contribution is 2.33. The van der Waals surface area contributed by atoms with Gasteiger partial charge in [0.15, 0.2) is 5.65 Å². The summed E-state index contributed by atoms with van der Waals surface area (Å²) in [6, 6.07) is 15.4. The highest BCUT2D eigenvalue weighted by molar-refractivity contribution is 6.11. The van der Waals surface area contributed by atoms with Gasteiger partial charge in [-0.1, -0.05) is 31.9 Å². The third-order valence-corrected chi connectivity index (χ3v) is 5.64. The van der Waals surface area contributed by atoms with Crippen LogP contribution in [0, 0.1) is 10.1 Å². The van der Waals surface area contributed by atoms with Gasteiger partial charge in [0, 0.05) is 29.8 Å². The molecule has 0 spiro atoms. The summed E-state index contributed by atoms with van der Waals surface area (Å²) in [5.74, 6) is 0.507. The van der Waals surface area contributed by atoms with Gasteiger partial charge in [0.2, 0.25) is 0 Å². The number of aromatic nitrogens is 3. The van der Waals surface area contributed by atoms with Gasteiger partial charge in [0.25, 0.3) is 11.6 Å². The Morgan fingerprint density at radius 2 is 1.89 bits per heavy atom. The van der Waals surface area contributed by atoms with Crippen LogP contribution in [0.3, 0.4) is 0 Å². The fraction of sp³-hybridized carbons (Fsp3) is 0.269. The number of aromatic amines is 1. The number of fused-ring (bicyclic) bond motifs is 1. The van der Waals surface area contributed by atoms with E-state index >= 15 is 0 Å². The second-order valence-electron chi connectivity index (χ2n) is 8.08. The number of pyridine rings is 1. The summed E-state index contributed by atoms with van der Waals surface area (Å²) >= 11 is 0. The molecule has 1 amide bonds. The second-order valence-corrected chi connectivity index (χ2v) is 8.08. The zero-order chi connectivity index (χ0) is 24.8.